The molecule has 16 heavy (non-hydrogen) atoms. The first-order chi connectivity index (χ1) is 7.90. The summed E-state index contributed by atoms with van der Waals surface area (Å²) in [6.45, 7) is 3.60. The Morgan fingerprint density at radius 1 is 1.25 bits per heavy atom. The van der Waals surface area contributed by atoms with Gasteiger partial charge in [-0.2, -0.15) is 5.10 Å². The minimum atomic E-state index is 0.748. The van der Waals surface area contributed by atoms with Crippen LogP contribution in [0.1, 0.15) is 5.69 Å². The van der Waals surface area contributed by atoms with E-state index in [9.17, 15) is 0 Å². The lowest BCUT2D eigenvalue weighted by Crippen LogP contribution is -1.98. The summed E-state index contributed by atoms with van der Waals surface area (Å²) in [7, 11) is 0. The Balaban J connectivity index is 2.27. The van der Waals surface area contributed by atoms with E-state index in [1.165, 1.54) is 6.33 Å². The fraction of sp³-hybridized carbons (Fsp3) is 0. The summed E-state index contributed by atoms with van der Waals surface area (Å²) in [4.78, 5) is 8.28. The van der Waals surface area contributed by atoms with Crippen LogP contribution in [0.5, 0.6) is 0 Å². The molecule has 2 rings (SSSR count). The van der Waals surface area contributed by atoms with Crippen LogP contribution in [0.3, 0.4) is 0 Å². The van der Waals surface area contributed by atoms with Gasteiger partial charge in [0.15, 0.2) is 5.82 Å². The monoisotopic (exact) mass is 211 g/mol. The highest BCUT2D eigenvalue weighted by Gasteiger charge is 1.97. The molecular formula is C12H11N4. The Morgan fingerprint density at radius 2 is 2.19 bits per heavy atom. The lowest BCUT2D eigenvalue weighted by Gasteiger charge is -1.99. The first-order valence-electron chi connectivity index (χ1n) is 4.84. The molecule has 0 N–H and O–H groups in total. The zero-order valence-corrected chi connectivity index (χ0v) is 8.69. The molecule has 0 fully saturated rings. The summed E-state index contributed by atoms with van der Waals surface area (Å²) in [5.74, 6) is 0.748. The highest BCUT2D eigenvalue weighted by molar-refractivity contribution is 5.48. The van der Waals surface area contributed by atoms with Gasteiger partial charge >= 0.3 is 0 Å². The Morgan fingerprint density at radius 3 is 2.94 bits per heavy atom. The van der Waals surface area contributed by atoms with Gasteiger partial charge in [0, 0.05) is 0 Å². The van der Waals surface area contributed by atoms with Gasteiger partial charge in [-0.05, 0) is 25.1 Å². The number of allylic oxidation sites excluding steroid dienone is 3. The van der Waals surface area contributed by atoms with Crippen LogP contribution >= 0.6 is 0 Å². The average molecular weight is 211 g/mol. The highest BCUT2D eigenvalue weighted by Crippen LogP contribution is 2.05. The first-order valence-corrected chi connectivity index (χ1v) is 4.84. The number of rotatable bonds is 3. The van der Waals surface area contributed by atoms with Crippen molar-refractivity contribution in [2.75, 3.05) is 0 Å². The van der Waals surface area contributed by atoms with Crippen LogP contribution in [0.15, 0.2) is 49.1 Å². The van der Waals surface area contributed by atoms with E-state index in [1.54, 1.807) is 17.1 Å². The largest absolute Gasteiger partial charge is 0.229 e. The van der Waals surface area contributed by atoms with E-state index < -0.39 is 0 Å². The maximum Gasteiger partial charge on any atom is 0.155 e. The van der Waals surface area contributed by atoms with Crippen LogP contribution in [0.25, 0.3) is 11.9 Å². The molecule has 0 saturated heterocycles. The Labute approximate surface area is 94.0 Å². The Kier molecular flexibility index (Phi) is 3.23. The van der Waals surface area contributed by atoms with E-state index in [0.717, 1.165) is 11.5 Å². The van der Waals surface area contributed by atoms with E-state index >= 15 is 0 Å². The number of hydrogen-bond donors (Lipinski definition) is 0. The molecule has 1 radical (unpaired) electrons. The second-order valence-electron chi connectivity index (χ2n) is 3.05. The summed E-state index contributed by atoms with van der Waals surface area (Å²) in [6, 6.07) is 5.73. The van der Waals surface area contributed by atoms with Gasteiger partial charge in [-0.15, -0.1) is 0 Å². The first kappa shape index (κ1) is 10.3. The molecule has 79 valence electrons. The van der Waals surface area contributed by atoms with Gasteiger partial charge in [0.2, 0.25) is 0 Å². The molecular weight excluding hydrogens is 200 g/mol. The van der Waals surface area contributed by atoms with Gasteiger partial charge in [-0.1, -0.05) is 24.3 Å². The van der Waals surface area contributed by atoms with Crippen LogP contribution in [-0.4, -0.2) is 19.7 Å². The van der Waals surface area contributed by atoms with Crippen molar-refractivity contribution in [3.8, 4) is 5.82 Å². The molecule has 4 heteroatoms. The molecule has 0 bridgehead atoms. The number of pyridine rings is 1. The lowest BCUT2D eigenvalue weighted by atomic mass is 10.3. The van der Waals surface area contributed by atoms with Crippen molar-refractivity contribution >= 4 is 6.08 Å². The molecule has 0 amide bonds. The Hall–Kier alpha value is -2.23. The van der Waals surface area contributed by atoms with Gasteiger partial charge in [0.1, 0.15) is 12.7 Å². The maximum absolute atomic E-state index is 4.41. The van der Waals surface area contributed by atoms with E-state index in [-0.39, 0.29) is 0 Å². The van der Waals surface area contributed by atoms with Crippen molar-refractivity contribution in [3.63, 3.8) is 0 Å². The predicted molar refractivity (Wildman–Crippen MR) is 62.7 cm³/mol. The fourth-order valence-corrected chi connectivity index (χ4v) is 1.22. The average Bonchev–Trinajstić information content (AvgIpc) is 2.83. The van der Waals surface area contributed by atoms with Gasteiger partial charge in [-0.3, -0.25) is 0 Å². The van der Waals surface area contributed by atoms with Gasteiger partial charge < -0.3 is 0 Å². The van der Waals surface area contributed by atoms with Gasteiger partial charge in [0.25, 0.3) is 0 Å². The molecule has 2 heterocycles. The molecule has 0 aliphatic rings. The molecule has 0 unspecified atom stereocenters. The summed E-state index contributed by atoms with van der Waals surface area (Å²) in [5.41, 5.74) is 0.867. The van der Waals surface area contributed by atoms with Crippen LogP contribution in [0.2, 0.25) is 0 Å². The zero-order chi connectivity index (χ0) is 11.2. The third-order valence-electron chi connectivity index (χ3n) is 1.92. The lowest BCUT2D eigenvalue weighted by molar-refractivity contribution is 0.844. The minimum absolute atomic E-state index is 0.748. The summed E-state index contributed by atoms with van der Waals surface area (Å²) in [5, 5.41) is 4.02. The van der Waals surface area contributed by atoms with Crippen LogP contribution in [-0.2, 0) is 0 Å². The summed E-state index contributed by atoms with van der Waals surface area (Å²) >= 11 is 0. The Bertz CT molecular complexity index is 497. The molecule has 2 aromatic rings. The molecule has 0 saturated carbocycles. The van der Waals surface area contributed by atoms with Crippen molar-refractivity contribution in [2.45, 2.75) is 0 Å². The minimum Gasteiger partial charge on any atom is -0.229 e. The molecule has 0 aromatic carbocycles. The predicted octanol–water partition coefficient (Wildman–Crippen LogP) is 2.07. The molecule has 4 nitrogen and oxygen atoms in total. The fourth-order valence-electron chi connectivity index (χ4n) is 1.22. The number of nitrogens with zero attached hydrogens (tertiary/aromatic N) is 4. The normalized spacial score (nSPS) is 11.6. The smallest absolute Gasteiger partial charge is 0.155 e. The zero-order valence-electron chi connectivity index (χ0n) is 8.69. The standard InChI is InChI=1S/C12H11N4/c1-2-3-4-6-11-7-5-8-12(15-11)16-10-13-9-14-16/h2-10H,1H2/b3-2+,6-4+. The quantitative estimate of drug-likeness (QED) is 0.730. The summed E-state index contributed by atoms with van der Waals surface area (Å²) in [6.07, 6.45) is 10.5. The second kappa shape index (κ2) is 5.02. The van der Waals surface area contributed by atoms with Crippen molar-refractivity contribution in [1.82, 2.24) is 19.7 Å². The van der Waals surface area contributed by atoms with Gasteiger partial charge in [0.05, 0.1) is 5.69 Å². The maximum atomic E-state index is 4.41. The van der Waals surface area contributed by atoms with Crippen molar-refractivity contribution < 1.29 is 0 Å². The highest BCUT2D eigenvalue weighted by atomic mass is 15.3. The molecule has 0 aliphatic carbocycles. The van der Waals surface area contributed by atoms with Crippen molar-refractivity contribution in [3.05, 3.63) is 61.7 Å². The second-order valence-corrected chi connectivity index (χ2v) is 3.05. The SMILES string of the molecule is [CH2]/C=C/C=C/c1cccc(-n2cncn2)n1. The van der Waals surface area contributed by atoms with Crippen molar-refractivity contribution in [2.24, 2.45) is 0 Å². The van der Waals surface area contributed by atoms with Crippen LogP contribution in [0.4, 0.5) is 0 Å². The molecule has 0 atom stereocenters. The number of hydrogen-bond acceptors (Lipinski definition) is 3. The molecule has 2 aromatic heterocycles. The van der Waals surface area contributed by atoms with E-state index in [0.29, 0.717) is 0 Å². The van der Waals surface area contributed by atoms with Crippen LogP contribution in [0, 0.1) is 6.92 Å². The summed E-state index contributed by atoms with van der Waals surface area (Å²) < 4.78 is 1.62. The molecule has 0 aliphatic heterocycles. The van der Waals surface area contributed by atoms with E-state index in [1.807, 2.05) is 36.4 Å². The topological polar surface area (TPSA) is 43.6 Å². The van der Waals surface area contributed by atoms with E-state index in [4.69, 9.17) is 0 Å². The number of aromatic nitrogens is 4. The van der Waals surface area contributed by atoms with Crippen molar-refractivity contribution in [1.29, 1.82) is 0 Å². The van der Waals surface area contributed by atoms with Gasteiger partial charge in [-0.25, -0.2) is 14.6 Å². The van der Waals surface area contributed by atoms with Crippen LogP contribution < -0.4 is 0 Å². The molecule has 0 spiro atoms. The third kappa shape index (κ3) is 2.42. The third-order valence-corrected chi connectivity index (χ3v) is 1.92. The van der Waals surface area contributed by atoms with E-state index in [2.05, 4.69) is 22.0 Å².